The molecule has 0 saturated heterocycles. The van der Waals surface area contributed by atoms with Crippen molar-refractivity contribution < 1.29 is 0 Å². The largest absolute Gasteiger partial charge is 0.143 e. The summed E-state index contributed by atoms with van der Waals surface area (Å²) in [6.07, 6.45) is 4.82. The van der Waals surface area contributed by atoms with E-state index in [0.717, 1.165) is 11.3 Å². The Morgan fingerprint density at radius 1 is 1.45 bits per heavy atom. The van der Waals surface area contributed by atoms with Crippen LogP contribution in [0.2, 0.25) is 0 Å². The summed E-state index contributed by atoms with van der Waals surface area (Å²) in [6, 6.07) is 0. The Labute approximate surface area is 75.1 Å². The molecule has 0 amide bonds. The second-order valence-electron chi connectivity index (χ2n) is 2.57. The van der Waals surface area contributed by atoms with Crippen molar-refractivity contribution in [3.05, 3.63) is 34.8 Å². The molecule has 0 rings (SSSR count). The molecule has 0 aliphatic heterocycles. The minimum atomic E-state index is 1.06. The number of allylic oxidation sites excluding steroid dienone is 4. The lowest BCUT2D eigenvalue weighted by Crippen LogP contribution is -1.81. The van der Waals surface area contributed by atoms with Gasteiger partial charge in [0, 0.05) is 4.91 Å². The van der Waals surface area contributed by atoms with Crippen LogP contribution in [0.15, 0.2) is 34.8 Å². The van der Waals surface area contributed by atoms with E-state index in [1.807, 2.05) is 13.0 Å². The standard InChI is InChI=1S/C10H16S/c1-5-7-9(4)10(11)8(3)6-2/h5,7,11H,1,6H2,2-4H3/b9-7-,10-8+. The first-order chi connectivity index (χ1) is 5.13. The van der Waals surface area contributed by atoms with Gasteiger partial charge in [-0.15, -0.1) is 12.6 Å². The highest BCUT2D eigenvalue weighted by Gasteiger charge is 1.96. The Hall–Kier alpha value is -0.430. The van der Waals surface area contributed by atoms with Crippen LogP contribution < -0.4 is 0 Å². The lowest BCUT2D eigenvalue weighted by Gasteiger charge is -2.03. The lowest BCUT2D eigenvalue weighted by molar-refractivity contribution is 1.09. The van der Waals surface area contributed by atoms with Crippen LogP contribution in [0.25, 0.3) is 0 Å². The van der Waals surface area contributed by atoms with Crippen molar-refractivity contribution in [2.75, 3.05) is 0 Å². The molecule has 0 aliphatic rings. The van der Waals surface area contributed by atoms with E-state index in [1.54, 1.807) is 6.08 Å². The molecule has 0 bridgehead atoms. The maximum atomic E-state index is 4.40. The van der Waals surface area contributed by atoms with E-state index in [-0.39, 0.29) is 0 Å². The first kappa shape index (κ1) is 10.6. The Morgan fingerprint density at radius 2 is 2.00 bits per heavy atom. The predicted molar refractivity (Wildman–Crippen MR) is 55.9 cm³/mol. The summed E-state index contributed by atoms with van der Waals surface area (Å²) >= 11 is 4.40. The summed E-state index contributed by atoms with van der Waals surface area (Å²) in [5.41, 5.74) is 2.51. The third kappa shape index (κ3) is 3.47. The van der Waals surface area contributed by atoms with Gasteiger partial charge in [0.2, 0.25) is 0 Å². The maximum absolute atomic E-state index is 4.40. The zero-order chi connectivity index (χ0) is 8.85. The molecular weight excluding hydrogens is 152 g/mol. The van der Waals surface area contributed by atoms with Crippen molar-refractivity contribution in [1.82, 2.24) is 0 Å². The number of rotatable bonds is 3. The molecule has 0 N–H and O–H groups in total. The molecule has 0 nitrogen and oxygen atoms in total. The maximum Gasteiger partial charge on any atom is 0.00583 e. The van der Waals surface area contributed by atoms with Gasteiger partial charge in [0.1, 0.15) is 0 Å². The van der Waals surface area contributed by atoms with Gasteiger partial charge in [0.15, 0.2) is 0 Å². The van der Waals surface area contributed by atoms with E-state index in [2.05, 4.69) is 33.1 Å². The Kier molecular flexibility index (Phi) is 5.05. The topological polar surface area (TPSA) is 0 Å². The lowest BCUT2D eigenvalue weighted by atomic mass is 10.1. The molecule has 0 aromatic carbocycles. The average molecular weight is 168 g/mol. The third-order valence-corrected chi connectivity index (χ3v) is 2.41. The molecule has 0 fully saturated rings. The number of thiol groups is 1. The summed E-state index contributed by atoms with van der Waals surface area (Å²) in [4.78, 5) is 1.09. The van der Waals surface area contributed by atoms with Gasteiger partial charge >= 0.3 is 0 Å². The number of hydrogen-bond donors (Lipinski definition) is 1. The van der Waals surface area contributed by atoms with E-state index >= 15 is 0 Å². The molecule has 0 atom stereocenters. The Morgan fingerprint density at radius 3 is 2.36 bits per heavy atom. The first-order valence-corrected chi connectivity index (χ1v) is 4.26. The highest BCUT2D eigenvalue weighted by Crippen LogP contribution is 2.19. The summed E-state index contributed by atoms with van der Waals surface area (Å²) in [7, 11) is 0. The Balaban J connectivity index is 4.58. The fourth-order valence-electron chi connectivity index (χ4n) is 0.760. The predicted octanol–water partition coefficient (Wildman–Crippen LogP) is 3.73. The molecule has 0 spiro atoms. The van der Waals surface area contributed by atoms with Crippen molar-refractivity contribution in [1.29, 1.82) is 0 Å². The van der Waals surface area contributed by atoms with Gasteiger partial charge in [0.25, 0.3) is 0 Å². The van der Waals surface area contributed by atoms with E-state index in [4.69, 9.17) is 0 Å². The van der Waals surface area contributed by atoms with Gasteiger partial charge in [-0.05, 0) is 25.8 Å². The van der Waals surface area contributed by atoms with Crippen LogP contribution in [0, 0.1) is 0 Å². The molecule has 0 aromatic rings. The zero-order valence-electron chi connectivity index (χ0n) is 7.52. The van der Waals surface area contributed by atoms with Crippen molar-refractivity contribution in [2.24, 2.45) is 0 Å². The van der Waals surface area contributed by atoms with Gasteiger partial charge in [-0.2, -0.15) is 0 Å². The van der Waals surface area contributed by atoms with Crippen LogP contribution in [0.1, 0.15) is 27.2 Å². The summed E-state index contributed by atoms with van der Waals surface area (Å²) in [5, 5.41) is 0. The average Bonchev–Trinajstić information content (AvgIpc) is 2.02. The fraction of sp³-hybridized carbons (Fsp3) is 0.400. The molecule has 0 radical (unpaired) electrons. The molecule has 1 heteroatoms. The van der Waals surface area contributed by atoms with Gasteiger partial charge in [0.05, 0.1) is 0 Å². The first-order valence-electron chi connectivity index (χ1n) is 3.81. The zero-order valence-corrected chi connectivity index (χ0v) is 8.41. The van der Waals surface area contributed by atoms with E-state index in [9.17, 15) is 0 Å². The molecule has 0 heterocycles. The summed E-state index contributed by atoms with van der Waals surface area (Å²) in [5.74, 6) is 0. The van der Waals surface area contributed by atoms with Crippen LogP contribution in [0.5, 0.6) is 0 Å². The molecule has 0 aromatic heterocycles. The number of hydrogen-bond acceptors (Lipinski definition) is 1. The van der Waals surface area contributed by atoms with Crippen molar-refractivity contribution in [2.45, 2.75) is 27.2 Å². The highest BCUT2D eigenvalue weighted by atomic mass is 32.1. The van der Waals surface area contributed by atoms with Gasteiger partial charge in [-0.25, -0.2) is 0 Å². The quantitative estimate of drug-likeness (QED) is 0.482. The van der Waals surface area contributed by atoms with Crippen LogP contribution in [0.3, 0.4) is 0 Å². The van der Waals surface area contributed by atoms with Gasteiger partial charge < -0.3 is 0 Å². The SMILES string of the molecule is C=C/C=C(C)\C(S)=C(\C)CC. The molecule has 0 aliphatic carbocycles. The fourth-order valence-corrected chi connectivity index (χ4v) is 0.992. The van der Waals surface area contributed by atoms with Crippen LogP contribution in [-0.2, 0) is 0 Å². The molecule has 0 saturated carbocycles. The normalized spacial score (nSPS) is 14.4. The second kappa shape index (κ2) is 5.25. The smallest absolute Gasteiger partial charge is 0.00583 e. The van der Waals surface area contributed by atoms with Crippen molar-refractivity contribution in [3.8, 4) is 0 Å². The van der Waals surface area contributed by atoms with Crippen LogP contribution >= 0.6 is 12.6 Å². The van der Waals surface area contributed by atoms with Crippen LogP contribution in [-0.4, -0.2) is 0 Å². The molecular formula is C10H16S. The van der Waals surface area contributed by atoms with Crippen molar-refractivity contribution in [3.63, 3.8) is 0 Å². The van der Waals surface area contributed by atoms with Gasteiger partial charge in [-0.1, -0.05) is 31.2 Å². The molecule has 0 unspecified atom stereocenters. The third-order valence-electron chi connectivity index (χ3n) is 1.68. The summed E-state index contributed by atoms with van der Waals surface area (Å²) < 4.78 is 0. The minimum absolute atomic E-state index is 1.06. The molecule has 62 valence electrons. The highest BCUT2D eigenvalue weighted by molar-refractivity contribution is 7.84. The minimum Gasteiger partial charge on any atom is -0.143 e. The second-order valence-corrected chi connectivity index (χ2v) is 3.02. The summed E-state index contributed by atoms with van der Waals surface area (Å²) in [6.45, 7) is 9.91. The molecule has 11 heavy (non-hydrogen) atoms. The van der Waals surface area contributed by atoms with Crippen LogP contribution in [0.4, 0.5) is 0 Å². The van der Waals surface area contributed by atoms with E-state index < -0.39 is 0 Å². The monoisotopic (exact) mass is 168 g/mol. The Bertz CT molecular complexity index is 197. The van der Waals surface area contributed by atoms with Gasteiger partial charge in [-0.3, -0.25) is 0 Å². The van der Waals surface area contributed by atoms with E-state index in [0.29, 0.717) is 0 Å². The van der Waals surface area contributed by atoms with E-state index in [1.165, 1.54) is 11.1 Å². The van der Waals surface area contributed by atoms with Crippen molar-refractivity contribution >= 4 is 12.6 Å².